The molecule has 7 rings (SSSR count). The molecule has 5 fully saturated rings. The lowest BCUT2D eigenvalue weighted by Crippen LogP contribution is -2.62. The van der Waals surface area contributed by atoms with Gasteiger partial charge in [0.05, 0.1) is 32.0 Å². The predicted octanol–water partition coefficient (Wildman–Crippen LogP) is 4.32. The lowest BCUT2D eigenvalue weighted by Gasteiger charge is -2.62. The largest absolute Gasteiger partial charge is 0.496 e. The van der Waals surface area contributed by atoms with Gasteiger partial charge in [-0.3, -0.25) is 9.63 Å². The van der Waals surface area contributed by atoms with E-state index in [0.717, 1.165) is 67.1 Å². The number of rotatable bonds is 13. The molecule has 0 spiro atoms. The number of nitrogens with one attached hydrogen (secondary N) is 2. The van der Waals surface area contributed by atoms with Crippen molar-refractivity contribution in [2.45, 2.75) is 96.9 Å². The van der Waals surface area contributed by atoms with Gasteiger partial charge in [-0.2, -0.15) is 5.06 Å². The molecule has 270 valence electrons. The van der Waals surface area contributed by atoms with E-state index in [1.807, 2.05) is 12.1 Å². The molecule has 10 nitrogen and oxygen atoms in total. The number of amides is 1. The van der Waals surface area contributed by atoms with E-state index in [1.54, 1.807) is 19.1 Å². The fourth-order valence-corrected chi connectivity index (χ4v) is 9.25. The molecule has 1 amide bonds. The van der Waals surface area contributed by atoms with Crippen LogP contribution in [-0.4, -0.2) is 87.4 Å². The summed E-state index contributed by atoms with van der Waals surface area (Å²) in [4.78, 5) is 22.8. The van der Waals surface area contributed by atoms with Crippen LogP contribution in [0.5, 0.6) is 5.75 Å². The van der Waals surface area contributed by atoms with Crippen LogP contribution in [0.2, 0.25) is 0 Å². The van der Waals surface area contributed by atoms with Crippen LogP contribution in [0, 0.1) is 29.1 Å². The third-order valence-electron chi connectivity index (χ3n) is 12.3. The number of aliphatic hydroxyl groups is 1. The van der Waals surface area contributed by atoms with Crippen LogP contribution in [0.15, 0.2) is 36.4 Å². The second-order valence-corrected chi connectivity index (χ2v) is 15.8. The molecular weight excluding hydrogens is 618 g/mol. The summed E-state index contributed by atoms with van der Waals surface area (Å²) < 4.78 is 11.9. The van der Waals surface area contributed by atoms with Gasteiger partial charge in [0, 0.05) is 69.1 Å². The number of methoxy groups -OCH3 is 1. The average molecular weight is 678 g/mol. The number of aliphatic hydroxyl groups excluding tert-OH is 1. The highest BCUT2D eigenvalue weighted by Gasteiger charge is 2.57. The van der Waals surface area contributed by atoms with Gasteiger partial charge in [-0.15, -0.1) is 0 Å². The zero-order chi connectivity index (χ0) is 35.0. The van der Waals surface area contributed by atoms with Crippen molar-refractivity contribution >= 4 is 11.6 Å². The molecule has 3 aliphatic carbocycles. The Balaban J connectivity index is 1.25. The van der Waals surface area contributed by atoms with Gasteiger partial charge < -0.3 is 35.8 Å². The smallest absolute Gasteiger partial charge is 0.240 e. The van der Waals surface area contributed by atoms with Crippen molar-refractivity contribution < 1.29 is 24.2 Å². The van der Waals surface area contributed by atoms with E-state index < -0.39 is 24.2 Å². The first-order chi connectivity index (χ1) is 23.4. The summed E-state index contributed by atoms with van der Waals surface area (Å²) in [5.41, 5.74) is 11.7. The lowest BCUT2D eigenvalue weighted by molar-refractivity contribution is -0.175. The molecule has 5 aliphatic rings. The molecule has 10 heteroatoms. The molecule has 2 aromatic carbocycles. The number of para-hydroxylation sites is 1. The van der Waals surface area contributed by atoms with Crippen molar-refractivity contribution in [2.24, 2.45) is 34.8 Å². The fourth-order valence-electron chi connectivity index (χ4n) is 9.25. The predicted molar refractivity (Wildman–Crippen MR) is 193 cm³/mol. The molecule has 2 heterocycles. The first kappa shape index (κ1) is 36.1. The van der Waals surface area contributed by atoms with Crippen molar-refractivity contribution in [3.63, 3.8) is 0 Å². The van der Waals surface area contributed by atoms with Crippen LogP contribution in [0.4, 0.5) is 5.69 Å². The monoisotopic (exact) mass is 677 g/mol. The number of nitrogens with zero attached hydrogens (tertiary/aromatic N) is 2. The van der Waals surface area contributed by atoms with E-state index in [0.29, 0.717) is 29.7 Å². The second kappa shape index (κ2) is 14.9. The van der Waals surface area contributed by atoms with Crippen molar-refractivity contribution in [3.05, 3.63) is 47.5 Å². The minimum Gasteiger partial charge on any atom is -0.496 e. The van der Waals surface area contributed by atoms with Crippen LogP contribution < -0.4 is 26.0 Å². The number of fused-ring (bicyclic) bond motifs is 2. The Morgan fingerprint density at radius 2 is 2.02 bits per heavy atom. The molecule has 2 saturated heterocycles. The highest BCUT2D eigenvalue weighted by atomic mass is 16.7. The summed E-state index contributed by atoms with van der Waals surface area (Å²) in [6.07, 6.45) is 3.47. The van der Waals surface area contributed by atoms with Gasteiger partial charge in [0.25, 0.3) is 0 Å². The van der Waals surface area contributed by atoms with E-state index in [4.69, 9.17) is 20.0 Å². The van der Waals surface area contributed by atoms with E-state index in [9.17, 15) is 9.90 Å². The molecule has 2 aromatic rings. The molecule has 2 bridgehead atoms. The quantitative estimate of drug-likeness (QED) is 0.246. The van der Waals surface area contributed by atoms with Crippen LogP contribution in [0.1, 0.15) is 64.5 Å². The van der Waals surface area contributed by atoms with Crippen molar-refractivity contribution in [1.82, 2.24) is 15.7 Å². The SMILES string of the molecule is COc1c(CN2O[C@@H](CN)[C@@H]([C@H](C)O)[C@H]2C(=O)NC2C[C@H]3C[C@@H]([C@@H]2C)C3(C)C)cccc1-c1cc(CNC[C@H]2CCCO2)cc(N(C)C)c1. The first-order valence-electron chi connectivity index (χ1n) is 18.3. The van der Waals surface area contributed by atoms with Crippen molar-refractivity contribution in [3.8, 4) is 16.9 Å². The van der Waals surface area contributed by atoms with Crippen molar-refractivity contribution in [1.29, 1.82) is 0 Å². The molecule has 0 aromatic heterocycles. The summed E-state index contributed by atoms with van der Waals surface area (Å²) in [5, 5.41) is 19.7. The van der Waals surface area contributed by atoms with Crippen LogP contribution >= 0.6 is 0 Å². The minimum atomic E-state index is -0.778. The van der Waals surface area contributed by atoms with Gasteiger partial charge in [0.15, 0.2) is 0 Å². The number of carbonyl (C=O) groups excluding carboxylic acids is 1. The van der Waals surface area contributed by atoms with Gasteiger partial charge in [0.2, 0.25) is 5.91 Å². The first-order valence-corrected chi connectivity index (χ1v) is 18.3. The number of hydrogen-bond donors (Lipinski definition) is 4. The Bertz CT molecular complexity index is 1460. The molecular formula is C39H59N5O5. The van der Waals surface area contributed by atoms with Crippen LogP contribution in [0.3, 0.4) is 0 Å². The van der Waals surface area contributed by atoms with Gasteiger partial charge in [-0.25, -0.2) is 0 Å². The summed E-state index contributed by atoms with van der Waals surface area (Å²) in [6.45, 7) is 11.7. The Morgan fingerprint density at radius 1 is 1.22 bits per heavy atom. The third-order valence-corrected chi connectivity index (χ3v) is 12.3. The summed E-state index contributed by atoms with van der Waals surface area (Å²) in [6, 6.07) is 12.1. The zero-order valence-corrected chi connectivity index (χ0v) is 30.6. The Hall–Kier alpha value is -2.73. The topological polar surface area (TPSA) is 122 Å². The van der Waals surface area contributed by atoms with Crippen LogP contribution in [0.25, 0.3) is 11.1 Å². The number of hydroxylamine groups is 2. The maximum Gasteiger partial charge on any atom is 0.240 e. The van der Waals surface area contributed by atoms with Gasteiger partial charge >= 0.3 is 0 Å². The Kier molecular flexibility index (Phi) is 10.9. The molecule has 1 unspecified atom stereocenters. The van der Waals surface area contributed by atoms with Gasteiger partial charge in [-0.05, 0) is 85.1 Å². The van der Waals surface area contributed by atoms with Crippen LogP contribution in [-0.2, 0) is 27.5 Å². The molecule has 0 radical (unpaired) electrons. The molecule has 2 aliphatic heterocycles. The van der Waals surface area contributed by atoms with E-state index in [1.165, 1.54) is 12.0 Å². The zero-order valence-electron chi connectivity index (χ0n) is 30.6. The van der Waals surface area contributed by atoms with Gasteiger partial charge in [0.1, 0.15) is 11.8 Å². The molecule has 49 heavy (non-hydrogen) atoms. The fraction of sp³-hybridized carbons (Fsp3) is 0.667. The molecule has 3 saturated carbocycles. The third kappa shape index (κ3) is 7.23. The summed E-state index contributed by atoms with van der Waals surface area (Å²) >= 11 is 0. The van der Waals surface area contributed by atoms with Gasteiger partial charge in [-0.1, -0.05) is 39.0 Å². The number of anilines is 1. The molecule has 5 N–H and O–H groups in total. The lowest BCUT2D eigenvalue weighted by atomic mass is 9.45. The maximum absolute atomic E-state index is 14.2. The highest BCUT2D eigenvalue weighted by Crippen LogP contribution is 2.61. The van der Waals surface area contributed by atoms with E-state index >= 15 is 0 Å². The minimum absolute atomic E-state index is 0.105. The highest BCUT2D eigenvalue weighted by molar-refractivity contribution is 5.83. The maximum atomic E-state index is 14.2. The molecule has 9 atom stereocenters. The number of ether oxygens (including phenoxy) is 2. The normalized spacial score (nSPS) is 31.3. The summed E-state index contributed by atoms with van der Waals surface area (Å²) in [7, 11) is 5.79. The number of benzene rings is 2. The van der Waals surface area contributed by atoms with Crippen molar-refractivity contribution in [2.75, 3.05) is 45.8 Å². The Labute approximate surface area is 293 Å². The van der Waals surface area contributed by atoms with E-state index in [-0.39, 0.29) is 24.6 Å². The average Bonchev–Trinajstić information content (AvgIpc) is 3.73. The number of nitrogens with two attached hydrogens (primary N) is 1. The summed E-state index contributed by atoms with van der Waals surface area (Å²) in [5.74, 6) is 1.77. The second-order valence-electron chi connectivity index (χ2n) is 15.8. The number of carbonyl (C=O) groups is 1. The van der Waals surface area contributed by atoms with E-state index in [2.05, 4.69) is 74.7 Å². The number of hydrogen-bond acceptors (Lipinski definition) is 9. The Morgan fingerprint density at radius 3 is 2.65 bits per heavy atom. The standard InChI is InChI=1S/C39H59N5O5/c1-23-32-17-28(39(32,3)4)18-33(23)42-38(46)36-35(24(2)45)34(19-40)49-44(36)22-26-10-8-12-31(37(26)47-7)27-14-25(15-29(16-27)43(5)6)20-41-21-30-11-9-13-48-30/h8,10,12,14-16,23-24,28,30,32-36,41,45H,9,11,13,17-22,40H2,1-7H3,(H,42,46)/t23-,24-,28+,30+,32-,33?,34-,35+,36-/m0/s1.